The number of hydrogen-bond donors (Lipinski definition) is 0. The number of piperazine rings is 1. The third kappa shape index (κ3) is 3.61. The summed E-state index contributed by atoms with van der Waals surface area (Å²) in [4.78, 5) is 43.1. The Morgan fingerprint density at radius 3 is 2.16 bits per heavy atom. The molecule has 2 aliphatic heterocycles. The van der Waals surface area contributed by atoms with Gasteiger partial charge in [-0.3, -0.25) is 24.2 Å². The number of amides is 3. The van der Waals surface area contributed by atoms with Crippen LogP contribution in [0.1, 0.15) is 37.7 Å². The zero-order valence-corrected chi connectivity index (χ0v) is 17.1. The van der Waals surface area contributed by atoms with Crippen LogP contribution in [-0.4, -0.2) is 71.7 Å². The highest BCUT2D eigenvalue weighted by Gasteiger charge is 2.34. The van der Waals surface area contributed by atoms with E-state index >= 15 is 0 Å². The van der Waals surface area contributed by atoms with Crippen LogP contribution in [0, 0.1) is 0 Å². The summed E-state index contributed by atoms with van der Waals surface area (Å²) in [6.45, 7) is 3.96. The van der Waals surface area contributed by atoms with E-state index in [1.165, 1.54) is 4.90 Å². The molecule has 0 saturated carbocycles. The highest BCUT2D eigenvalue weighted by Crippen LogP contribution is 2.23. The van der Waals surface area contributed by atoms with Crippen LogP contribution in [0.15, 0.2) is 59.0 Å². The van der Waals surface area contributed by atoms with Gasteiger partial charge in [0, 0.05) is 38.1 Å². The third-order valence-corrected chi connectivity index (χ3v) is 6.03. The van der Waals surface area contributed by atoms with Crippen LogP contribution >= 0.6 is 0 Å². The molecule has 1 saturated heterocycles. The van der Waals surface area contributed by atoms with Crippen LogP contribution in [-0.2, 0) is 0 Å². The number of imide groups is 1. The number of carbonyl (C=O) groups excluding carboxylic acids is 3. The second-order valence-corrected chi connectivity index (χ2v) is 7.94. The fraction of sp³-hybridized carbons (Fsp3) is 0.292. The molecule has 0 aliphatic carbocycles. The Morgan fingerprint density at radius 2 is 1.48 bits per heavy atom. The second kappa shape index (κ2) is 8.00. The van der Waals surface area contributed by atoms with E-state index < -0.39 is 0 Å². The second-order valence-electron chi connectivity index (χ2n) is 7.94. The topological polar surface area (TPSA) is 74.1 Å². The molecular weight excluding hydrogens is 394 g/mol. The van der Waals surface area contributed by atoms with Crippen molar-refractivity contribution in [2.24, 2.45) is 0 Å². The Hall–Kier alpha value is -3.45. The maximum Gasteiger partial charge on any atom is 0.289 e. The van der Waals surface area contributed by atoms with Gasteiger partial charge in [-0.15, -0.1) is 0 Å². The van der Waals surface area contributed by atoms with Crippen molar-refractivity contribution in [1.29, 1.82) is 0 Å². The quantitative estimate of drug-likeness (QED) is 0.597. The molecule has 0 N–H and O–H groups in total. The molecule has 3 aromatic rings. The van der Waals surface area contributed by atoms with Crippen LogP contribution in [0.5, 0.6) is 0 Å². The van der Waals surface area contributed by atoms with Crippen molar-refractivity contribution in [3.63, 3.8) is 0 Å². The highest BCUT2D eigenvalue weighted by molar-refractivity contribution is 6.21. The predicted molar refractivity (Wildman–Crippen MR) is 115 cm³/mol. The van der Waals surface area contributed by atoms with Crippen LogP contribution in [0.3, 0.4) is 0 Å². The van der Waals surface area contributed by atoms with Crippen molar-refractivity contribution in [1.82, 2.24) is 14.7 Å². The van der Waals surface area contributed by atoms with Gasteiger partial charge in [0.1, 0.15) is 5.58 Å². The zero-order chi connectivity index (χ0) is 21.4. The molecule has 0 bridgehead atoms. The number of hydrogen-bond acceptors (Lipinski definition) is 5. The molecule has 3 amide bonds. The van der Waals surface area contributed by atoms with Gasteiger partial charge in [0.2, 0.25) is 0 Å². The van der Waals surface area contributed by atoms with Gasteiger partial charge in [0.05, 0.1) is 11.1 Å². The summed E-state index contributed by atoms with van der Waals surface area (Å²) in [5.74, 6) is -0.120. The van der Waals surface area contributed by atoms with E-state index in [-0.39, 0.29) is 17.7 Å². The van der Waals surface area contributed by atoms with Crippen molar-refractivity contribution in [2.75, 3.05) is 39.3 Å². The van der Waals surface area contributed by atoms with E-state index in [0.29, 0.717) is 42.9 Å². The van der Waals surface area contributed by atoms with E-state index in [0.717, 1.165) is 30.6 Å². The minimum Gasteiger partial charge on any atom is -0.451 e. The number of nitrogens with zero attached hydrogens (tertiary/aromatic N) is 3. The van der Waals surface area contributed by atoms with Gasteiger partial charge < -0.3 is 9.32 Å². The largest absolute Gasteiger partial charge is 0.451 e. The van der Waals surface area contributed by atoms with Crippen LogP contribution in [0.4, 0.5) is 0 Å². The van der Waals surface area contributed by atoms with Crippen molar-refractivity contribution in [2.45, 2.75) is 6.42 Å². The number of benzene rings is 2. The normalized spacial score (nSPS) is 16.9. The summed E-state index contributed by atoms with van der Waals surface area (Å²) >= 11 is 0. The minimum absolute atomic E-state index is 0.0816. The average molecular weight is 417 g/mol. The molecule has 0 spiro atoms. The summed E-state index contributed by atoms with van der Waals surface area (Å²) in [5.41, 5.74) is 1.70. The fourth-order valence-electron chi connectivity index (χ4n) is 4.31. The molecule has 2 aromatic carbocycles. The molecule has 7 heteroatoms. The predicted octanol–water partition coefficient (Wildman–Crippen LogP) is 2.88. The maximum absolute atomic E-state index is 12.8. The van der Waals surface area contributed by atoms with E-state index in [9.17, 15) is 14.4 Å². The van der Waals surface area contributed by atoms with Gasteiger partial charge in [0.25, 0.3) is 17.7 Å². The van der Waals surface area contributed by atoms with E-state index in [4.69, 9.17) is 4.42 Å². The molecule has 31 heavy (non-hydrogen) atoms. The number of furan rings is 1. The van der Waals surface area contributed by atoms with Crippen molar-refractivity contribution in [3.8, 4) is 0 Å². The Labute approximate surface area is 179 Å². The molecule has 0 radical (unpaired) electrons. The lowest BCUT2D eigenvalue weighted by atomic mass is 10.1. The SMILES string of the molecule is O=C(c1cc2ccccc2o1)N1CCN(CCCN2C(=O)c3ccccc3C2=O)CC1. The smallest absolute Gasteiger partial charge is 0.289 e. The molecule has 0 unspecified atom stereocenters. The summed E-state index contributed by atoms with van der Waals surface area (Å²) in [7, 11) is 0. The molecule has 2 aliphatic rings. The number of rotatable bonds is 5. The van der Waals surface area contributed by atoms with Crippen molar-refractivity contribution >= 4 is 28.7 Å². The first-order valence-corrected chi connectivity index (χ1v) is 10.6. The number of para-hydroxylation sites is 1. The van der Waals surface area contributed by atoms with Crippen molar-refractivity contribution < 1.29 is 18.8 Å². The molecular formula is C24H23N3O4. The van der Waals surface area contributed by atoms with Gasteiger partial charge in [-0.25, -0.2) is 0 Å². The molecule has 1 fully saturated rings. The van der Waals surface area contributed by atoms with Gasteiger partial charge in [-0.1, -0.05) is 30.3 Å². The molecule has 1 aromatic heterocycles. The fourth-order valence-corrected chi connectivity index (χ4v) is 4.31. The first kappa shape index (κ1) is 19.5. The van der Waals surface area contributed by atoms with Gasteiger partial charge in [-0.05, 0) is 37.2 Å². The molecule has 158 valence electrons. The average Bonchev–Trinajstić information content (AvgIpc) is 3.34. The monoisotopic (exact) mass is 417 g/mol. The molecule has 5 rings (SSSR count). The number of fused-ring (bicyclic) bond motifs is 2. The first-order chi connectivity index (χ1) is 15.1. The Kier molecular flexibility index (Phi) is 5.03. The van der Waals surface area contributed by atoms with E-state index in [1.807, 2.05) is 29.2 Å². The van der Waals surface area contributed by atoms with Crippen LogP contribution in [0.2, 0.25) is 0 Å². The van der Waals surface area contributed by atoms with E-state index in [2.05, 4.69) is 4.90 Å². The molecule has 0 atom stereocenters. The van der Waals surface area contributed by atoms with Crippen molar-refractivity contribution in [3.05, 3.63) is 71.5 Å². The Morgan fingerprint density at radius 1 is 0.839 bits per heavy atom. The molecule has 3 heterocycles. The number of carbonyl (C=O) groups is 3. The van der Waals surface area contributed by atoms with E-state index in [1.54, 1.807) is 30.3 Å². The summed E-state index contributed by atoms with van der Waals surface area (Å²) in [6.07, 6.45) is 0.711. The lowest BCUT2D eigenvalue weighted by Crippen LogP contribution is -2.49. The van der Waals surface area contributed by atoms with Crippen LogP contribution < -0.4 is 0 Å². The van der Waals surface area contributed by atoms with Crippen LogP contribution in [0.25, 0.3) is 11.0 Å². The Bertz CT molecular complexity index is 1090. The zero-order valence-electron chi connectivity index (χ0n) is 17.1. The van der Waals surface area contributed by atoms with Gasteiger partial charge >= 0.3 is 0 Å². The Balaban J connectivity index is 1.11. The maximum atomic E-state index is 12.8. The first-order valence-electron chi connectivity index (χ1n) is 10.6. The van der Waals surface area contributed by atoms with Gasteiger partial charge in [-0.2, -0.15) is 0 Å². The summed E-state index contributed by atoms with van der Waals surface area (Å²) < 4.78 is 5.70. The highest BCUT2D eigenvalue weighted by atomic mass is 16.3. The lowest BCUT2D eigenvalue weighted by Gasteiger charge is -2.34. The minimum atomic E-state index is -0.207. The summed E-state index contributed by atoms with van der Waals surface area (Å²) in [5, 5.41) is 0.928. The lowest BCUT2D eigenvalue weighted by molar-refractivity contribution is 0.0578. The molecule has 7 nitrogen and oxygen atoms in total. The standard InChI is InChI=1S/C24H23N3O4/c28-22-18-7-2-3-8-19(18)23(29)27(22)11-5-10-25-12-14-26(15-13-25)24(30)21-16-17-6-1-4-9-20(17)31-21/h1-4,6-9,16H,5,10-15H2. The van der Waals surface area contributed by atoms with Gasteiger partial charge in [0.15, 0.2) is 5.76 Å². The third-order valence-electron chi connectivity index (χ3n) is 6.03. The summed E-state index contributed by atoms with van der Waals surface area (Å²) in [6, 6.07) is 16.4.